The molecule has 1 aliphatic rings. The maximum atomic E-state index is 5.51. The third-order valence-corrected chi connectivity index (χ3v) is 10.5. The van der Waals surface area contributed by atoms with Gasteiger partial charge in [-0.25, -0.2) is 9.97 Å². The van der Waals surface area contributed by atoms with Crippen LogP contribution in [0, 0.1) is 26.7 Å². The van der Waals surface area contributed by atoms with E-state index in [2.05, 4.69) is 167 Å². The molecule has 1 aliphatic heterocycles. The largest absolute Gasteiger partial charge is 0.276 e. The maximum absolute atomic E-state index is 5.51. The number of aryl methyl sites for hydroxylation is 3. The van der Waals surface area contributed by atoms with Crippen LogP contribution in [0.1, 0.15) is 40.8 Å². The lowest BCUT2D eigenvalue weighted by molar-refractivity contribution is 0.564. The Kier molecular flexibility index (Phi) is 7.17. The van der Waals surface area contributed by atoms with Crippen molar-refractivity contribution in [1.82, 2.24) is 9.97 Å². The molecule has 240 valence electrons. The highest BCUT2D eigenvalue weighted by molar-refractivity contribution is 6.26. The molecule has 0 saturated carbocycles. The molecule has 2 aromatic heterocycles. The Morgan fingerprint density at radius 1 is 0.500 bits per heavy atom. The van der Waals surface area contributed by atoms with Crippen molar-refractivity contribution in [1.29, 1.82) is 0 Å². The molecule has 9 rings (SSSR count). The van der Waals surface area contributed by atoms with E-state index in [0.29, 0.717) is 5.92 Å². The summed E-state index contributed by atoms with van der Waals surface area (Å²) in [6.07, 6.45) is 4.48. The molecule has 8 aromatic rings. The lowest BCUT2D eigenvalue weighted by Gasteiger charge is -2.24. The highest BCUT2D eigenvalue weighted by Crippen LogP contribution is 2.45. The summed E-state index contributed by atoms with van der Waals surface area (Å²) < 4.78 is 0. The van der Waals surface area contributed by atoms with Crippen molar-refractivity contribution in [3.8, 4) is 22.5 Å². The zero-order valence-corrected chi connectivity index (χ0v) is 28.8. The van der Waals surface area contributed by atoms with E-state index < -0.39 is 0 Å². The Bertz CT molecular complexity index is 2670. The summed E-state index contributed by atoms with van der Waals surface area (Å²) in [5, 5.41) is 7.17. The fourth-order valence-corrected chi connectivity index (χ4v) is 7.98. The number of fused-ring (bicyclic) bond motifs is 6. The molecule has 0 spiro atoms. The molecule has 2 atom stereocenters. The smallest absolute Gasteiger partial charge is 0.0816 e. The molecule has 3 heterocycles. The van der Waals surface area contributed by atoms with Crippen LogP contribution in [0.5, 0.6) is 0 Å². The number of nitrogens with zero attached hydrogens (tertiary/aromatic N) is 3. The van der Waals surface area contributed by atoms with Gasteiger partial charge in [-0.05, 0) is 66.4 Å². The molecular formula is C47H37N3. The van der Waals surface area contributed by atoms with E-state index in [4.69, 9.17) is 15.0 Å². The molecule has 0 N–H and O–H groups in total. The first-order chi connectivity index (χ1) is 24.5. The SMILES string of the molecule is Cc1ccc(C2N=C(c3ccc4c(c3)nc(-c3ccccc3)c3c(C)c5c(c(-c6ccccc6)nc6ccccc65)c(C)c34)C=CC2C)cc1. The summed E-state index contributed by atoms with van der Waals surface area (Å²) >= 11 is 0. The molecule has 0 bridgehead atoms. The number of hydrogen-bond donors (Lipinski definition) is 0. The van der Waals surface area contributed by atoms with Crippen molar-refractivity contribution >= 4 is 49.1 Å². The number of aliphatic imine (C=N–C) groups is 1. The van der Waals surface area contributed by atoms with Crippen molar-refractivity contribution < 1.29 is 0 Å². The predicted molar refractivity (Wildman–Crippen MR) is 211 cm³/mol. The third kappa shape index (κ3) is 4.84. The number of benzene rings is 6. The van der Waals surface area contributed by atoms with Gasteiger partial charge in [-0.3, -0.25) is 4.99 Å². The zero-order chi connectivity index (χ0) is 33.9. The molecule has 0 amide bonds. The number of allylic oxidation sites excluding steroid dienone is 1. The number of pyridine rings is 2. The van der Waals surface area contributed by atoms with Crippen LogP contribution in [0.3, 0.4) is 0 Å². The van der Waals surface area contributed by atoms with Crippen LogP contribution in [0.25, 0.3) is 65.9 Å². The lowest BCUT2D eigenvalue weighted by Crippen LogP contribution is -2.14. The molecule has 2 unspecified atom stereocenters. The molecule has 6 aromatic carbocycles. The van der Waals surface area contributed by atoms with E-state index in [1.54, 1.807) is 0 Å². The van der Waals surface area contributed by atoms with Gasteiger partial charge in [0.25, 0.3) is 0 Å². The molecule has 0 fully saturated rings. The van der Waals surface area contributed by atoms with Crippen LogP contribution in [0.15, 0.2) is 145 Å². The fourth-order valence-electron chi connectivity index (χ4n) is 7.98. The third-order valence-electron chi connectivity index (χ3n) is 10.5. The molecule has 0 radical (unpaired) electrons. The number of dihydropyridines is 1. The Labute approximate surface area is 292 Å². The average Bonchev–Trinajstić information content (AvgIpc) is 3.16. The Balaban J connectivity index is 1.36. The van der Waals surface area contributed by atoms with Crippen LogP contribution in [-0.4, -0.2) is 15.7 Å². The van der Waals surface area contributed by atoms with E-state index in [1.807, 2.05) is 0 Å². The second-order valence-corrected chi connectivity index (χ2v) is 13.7. The second kappa shape index (κ2) is 11.9. The fraction of sp³-hybridized carbons (Fsp3) is 0.128. The van der Waals surface area contributed by atoms with E-state index in [0.717, 1.165) is 50.2 Å². The van der Waals surface area contributed by atoms with Crippen molar-refractivity contribution in [3.63, 3.8) is 0 Å². The minimum Gasteiger partial charge on any atom is -0.276 e. The average molecular weight is 644 g/mol. The molecule has 0 aliphatic carbocycles. The molecule has 50 heavy (non-hydrogen) atoms. The van der Waals surface area contributed by atoms with Gasteiger partial charge in [0, 0.05) is 44.2 Å². The molecule has 0 saturated heterocycles. The van der Waals surface area contributed by atoms with Gasteiger partial charge in [-0.1, -0.05) is 134 Å². The number of hydrogen-bond acceptors (Lipinski definition) is 3. The summed E-state index contributed by atoms with van der Waals surface area (Å²) in [4.78, 5) is 16.2. The van der Waals surface area contributed by atoms with Crippen molar-refractivity contribution in [2.45, 2.75) is 33.7 Å². The number of para-hydroxylation sites is 1. The highest BCUT2D eigenvalue weighted by Gasteiger charge is 2.24. The van der Waals surface area contributed by atoms with E-state index >= 15 is 0 Å². The summed E-state index contributed by atoms with van der Waals surface area (Å²) in [6, 6.07) is 45.4. The minimum absolute atomic E-state index is 0.0747. The molecular weight excluding hydrogens is 607 g/mol. The summed E-state index contributed by atoms with van der Waals surface area (Å²) in [7, 11) is 0. The van der Waals surface area contributed by atoms with Gasteiger partial charge in [-0.2, -0.15) is 0 Å². The van der Waals surface area contributed by atoms with Crippen molar-refractivity contribution in [2.24, 2.45) is 10.9 Å². The predicted octanol–water partition coefficient (Wildman–Crippen LogP) is 12.1. The summed E-state index contributed by atoms with van der Waals surface area (Å²) in [6.45, 7) is 8.92. The van der Waals surface area contributed by atoms with Crippen molar-refractivity contribution in [3.05, 3.63) is 167 Å². The lowest BCUT2D eigenvalue weighted by atomic mass is 9.85. The van der Waals surface area contributed by atoms with Gasteiger partial charge in [-0.15, -0.1) is 0 Å². The highest BCUT2D eigenvalue weighted by atomic mass is 14.8. The van der Waals surface area contributed by atoms with E-state index in [9.17, 15) is 0 Å². The van der Waals surface area contributed by atoms with Crippen LogP contribution >= 0.6 is 0 Å². The summed E-state index contributed by atoms with van der Waals surface area (Å²) in [5.41, 5.74) is 13.2. The van der Waals surface area contributed by atoms with Gasteiger partial charge < -0.3 is 0 Å². The van der Waals surface area contributed by atoms with Crippen LogP contribution in [0.4, 0.5) is 0 Å². The number of aromatic nitrogens is 2. The van der Waals surface area contributed by atoms with Crippen molar-refractivity contribution in [2.75, 3.05) is 0 Å². The van der Waals surface area contributed by atoms with Gasteiger partial charge >= 0.3 is 0 Å². The maximum Gasteiger partial charge on any atom is 0.0816 e. The first-order valence-electron chi connectivity index (χ1n) is 17.5. The molecule has 3 nitrogen and oxygen atoms in total. The monoisotopic (exact) mass is 643 g/mol. The van der Waals surface area contributed by atoms with Gasteiger partial charge in [0.2, 0.25) is 0 Å². The zero-order valence-electron chi connectivity index (χ0n) is 28.8. The van der Waals surface area contributed by atoms with E-state index in [-0.39, 0.29) is 6.04 Å². The first kappa shape index (κ1) is 30.2. The standard InChI is InChI=1S/C47H37N3/c1-28-19-22-34(23-20-28)45-29(2)21-26-38(48-45)35-24-25-37-40(27-35)50-47(33-15-9-6-10-16-33)44-30(3)41-36-17-11-12-18-39(36)49-46(32-13-7-5-8-14-32)43(41)31(4)42(37)44/h5-27,29,45H,1-4H3. The van der Waals surface area contributed by atoms with Crippen LogP contribution < -0.4 is 0 Å². The second-order valence-electron chi connectivity index (χ2n) is 13.7. The molecule has 3 heteroatoms. The van der Waals surface area contributed by atoms with Gasteiger partial charge in [0.05, 0.1) is 34.2 Å². The summed E-state index contributed by atoms with van der Waals surface area (Å²) in [5.74, 6) is 0.316. The minimum atomic E-state index is 0.0747. The first-order valence-corrected chi connectivity index (χ1v) is 17.5. The number of rotatable bonds is 4. The Morgan fingerprint density at radius 3 is 1.70 bits per heavy atom. The topological polar surface area (TPSA) is 38.1 Å². The van der Waals surface area contributed by atoms with Crippen LogP contribution in [-0.2, 0) is 0 Å². The normalized spacial score (nSPS) is 16.0. The van der Waals surface area contributed by atoms with E-state index in [1.165, 1.54) is 49.2 Å². The Morgan fingerprint density at radius 2 is 1.06 bits per heavy atom. The van der Waals surface area contributed by atoms with Gasteiger partial charge in [0.15, 0.2) is 0 Å². The quantitative estimate of drug-likeness (QED) is 0.141. The Hall–Kier alpha value is -5.93. The van der Waals surface area contributed by atoms with Crippen LogP contribution in [0.2, 0.25) is 0 Å². The van der Waals surface area contributed by atoms with Gasteiger partial charge in [0.1, 0.15) is 0 Å².